The van der Waals surface area contributed by atoms with Gasteiger partial charge >= 0.3 is 0 Å². The van der Waals surface area contributed by atoms with Crippen LogP contribution >= 0.6 is 0 Å². The first kappa shape index (κ1) is 14.0. The highest BCUT2D eigenvalue weighted by Crippen LogP contribution is 2.30. The summed E-state index contributed by atoms with van der Waals surface area (Å²) < 4.78 is 23.0. The minimum absolute atomic E-state index is 0.271. The fourth-order valence-corrected chi connectivity index (χ4v) is 3.58. The van der Waals surface area contributed by atoms with Crippen LogP contribution in [-0.2, 0) is 9.84 Å². The van der Waals surface area contributed by atoms with Crippen LogP contribution in [-0.4, -0.2) is 26.5 Å². The Balaban J connectivity index is 2.49. The molecular formula is C12H25NO2S. The van der Waals surface area contributed by atoms with E-state index in [9.17, 15) is 8.42 Å². The molecule has 0 aliphatic heterocycles. The monoisotopic (exact) mass is 247 g/mol. The minimum atomic E-state index is -2.80. The van der Waals surface area contributed by atoms with Crippen molar-refractivity contribution in [3.05, 3.63) is 0 Å². The first-order valence-electron chi connectivity index (χ1n) is 6.49. The molecule has 0 amide bonds. The summed E-state index contributed by atoms with van der Waals surface area (Å²) in [5.74, 6) is 1.71. The Morgan fingerprint density at radius 3 is 2.31 bits per heavy atom. The van der Waals surface area contributed by atoms with Gasteiger partial charge in [0.2, 0.25) is 0 Å². The van der Waals surface area contributed by atoms with Crippen molar-refractivity contribution in [1.29, 1.82) is 0 Å². The Bertz CT molecular complexity index is 287. The smallest absolute Gasteiger partial charge is 0.150 e. The second-order valence-electron chi connectivity index (χ2n) is 4.92. The lowest BCUT2D eigenvalue weighted by molar-refractivity contribution is 0.312. The van der Waals surface area contributed by atoms with Crippen molar-refractivity contribution in [3.63, 3.8) is 0 Å². The summed E-state index contributed by atoms with van der Waals surface area (Å²) in [6, 6.07) is 0. The molecule has 1 saturated carbocycles. The number of rotatable bonds is 5. The topological polar surface area (TPSA) is 60.2 Å². The molecule has 0 aromatic heterocycles. The van der Waals surface area contributed by atoms with Crippen molar-refractivity contribution in [2.45, 2.75) is 45.4 Å². The highest BCUT2D eigenvalue weighted by atomic mass is 32.2. The summed E-state index contributed by atoms with van der Waals surface area (Å²) in [5, 5.41) is 0. The molecule has 2 N–H and O–H groups in total. The zero-order chi connectivity index (χ0) is 12.0. The molecule has 1 rings (SSSR count). The van der Waals surface area contributed by atoms with Crippen LogP contribution < -0.4 is 5.73 Å². The van der Waals surface area contributed by atoms with E-state index in [0.717, 1.165) is 13.0 Å². The van der Waals surface area contributed by atoms with Crippen LogP contribution in [0.25, 0.3) is 0 Å². The average molecular weight is 247 g/mol. The second-order valence-corrected chi connectivity index (χ2v) is 7.39. The van der Waals surface area contributed by atoms with Gasteiger partial charge in [-0.3, -0.25) is 0 Å². The van der Waals surface area contributed by atoms with Gasteiger partial charge in [0, 0.05) is 5.75 Å². The Kier molecular flexibility index (Phi) is 5.76. The lowest BCUT2D eigenvalue weighted by atomic mass is 9.86. The molecule has 1 aliphatic rings. The molecule has 1 fully saturated rings. The number of hydrogen-bond donors (Lipinski definition) is 1. The van der Waals surface area contributed by atoms with E-state index in [1.54, 1.807) is 6.92 Å². The summed E-state index contributed by atoms with van der Waals surface area (Å²) in [6.45, 7) is 2.44. The van der Waals surface area contributed by atoms with Gasteiger partial charge in [-0.1, -0.05) is 32.6 Å². The fraction of sp³-hybridized carbons (Fsp3) is 1.00. The van der Waals surface area contributed by atoms with E-state index in [-0.39, 0.29) is 5.75 Å². The minimum Gasteiger partial charge on any atom is -0.330 e. The van der Waals surface area contributed by atoms with E-state index in [1.807, 2.05) is 0 Å². The molecule has 0 saturated heterocycles. The van der Waals surface area contributed by atoms with Crippen LogP contribution in [0.5, 0.6) is 0 Å². The van der Waals surface area contributed by atoms with Crippen molar-refractivity contribution in [2.75, 3.05) is 18.1 Å². The van der Waals surface area contributed by atoms with Crippen LogP contribution in [0, 0.1) is 11.8 Å². The zero-order valence-electron chi connectivity index (χ0n) is 10.3. The van der Waals surface area contributed by atoms with Gasteiger partial charge in [0.05, 0.1) is 5.75 Å². The lowest BCUT2D eigenvalue weighted by Crippen LogP contribution is -2.25. The van der Waals surface area contributed by atoms with E-state index in [1.165, 1.54) is 32.1 Å². The Morgan fingerprint density at radius 2 is 1.75 bits per heavy atom. The maximum absolute atomic E-state index is 11.5. The van der Waals surface area contributed by atoms with Crippen LogP contribution in [0.15, 0.2) is 0 Å². The predicted octanol–water partition coefficient (Wildman–Crippen LogP) is 1.97. The fourth-order valence-electron chi connectivity index (χ4n) is 2.63. The summed E-state index contributed by atoms with van der Waals surface area (Å²) in [4.78, 5) is 0. The molecule has 2 atom stereocenters. The Morgan fingerprint density at radius 1 is 1.12 bits per heavy atom. The largest absolute Gasteiger partial charge is 0.330 e. The normalized spacial score (nSPS) is 27.6. The van der Waals surface area contributed by atoms with Crippen molar-refractivity contribution in [2.24, 2.45) is 17.6 Å². The van der Waals surface area contributed by atoms with Crippen molar-refractivity contribution < 1.29 is 8.42 Å². The van der Waals surface area contributed by atoms with E-state index >= 15 is 0 Å². The van der Waals surface area contributed by atoms with E-state index in [2.05, 4.69) is 0 Å². The molecule has 16 heavy (non-hydrogen) atoms. The third-order valence-corrected chi connectivity index (χ3v) is 5.60. The van der Waals surface area contributed by atoms with Crippen LogP contribution in [0.3, 0.4) is 0 Å². The number of hydrogen-bond acceptors (Lipinski definition) is 3. The van der Waals surface area contributed by atoms with Gasteiger partial charge in [0.25, 0.3) is 0 Å². The third-order valence-electron chi connectivity index (χ3n) is 3.86. The maximum atomic E-state index is 11.5. The molecule has 1 aliphatic carbocycles. The highest BCUT2D eigenvalue weighted by Gasteiger charge is 2.23. The average Bonchev–Trinajstić information content (AvgIpc) is 2.51. The third kappa shape index (κ3) is 4.42. The molecule has 96 valence electrons. The summed E-state index contributed by atoms with van der Waals surface area (Å²) in [5.41, 5.74) is 5.79. The molecule has 0 spiro atoms. The van der Waals surface area contributed by atoms with Gasteiger partial charge in [-0.15, -0.1) is 0 Å². The van der Waals surface area contributed by atoms with Crippen LogP contribution in [0.1, 0.15) is 45.4 Å². The maximum Gasteiger partial charge on any atom is 0.150 e. The van der Waals surface area contributed by atoms with Crippen LogP contribution in [0.4, 0.5) is 0 Å². The van der Waals surface area contributed by atoms with Crippen molar-refractivity contribution >= 4 is 9.84 Å². The zero-order valence-corrected chi connectivity index (χ0v) is 11.1. The number of sulfone groups is 1. The molecule has 0 radical (unpaired) electrons. The molecular weight excluding hydrogens is 222 g/mol. The molecule has 0 aromatic rings. The first-order valence-corrected chi connectivity index (χ1v) is 8.31. The van der Waals surface area contributed by atoms with Gasteiger partial charge < -0.3 is 5.73 Å². The molecule has 4 heteroatoms. The van der Waals surface area contributed by atoms with Crippen molar-refractivity contribution in [1.82, 2.24) is 0 Å². The Labute approximate surface area is 99.7 Å². The summed E-state index contributed by atoms with van der Waals surface area (Å²) in [7, 11) is -2.80. The lowest BCUT2D eigenvalue weighted by Gasteiger charge is -2.23. The summed E-state index contributed by atoms with van der Waals surface area (Å²) in [6.07, 6.45) is 6.96. The SMILES string of the molecule is CCS(=O)(=O)CCC1CCCCCC1CN. The molecule has 0 bridgehead atoms. The quantitative estimate of drug-likeness (QED) is 0.756. The molecule has 0 aromatic carbocycles. The van der Waals surface area contributed by atoms with Crippen molar-refractivity contribution in [3.8, 4) is 0 Å². The Hall–Kier alpha value is -0.0900. The molecule has 2 unspecified atom stereocenters. The van der Waals surface area contributed by atoms with E-state index in [4.69, 9.17) is 5.73 Å². The predicted molar refractivity (Wildman–Crippen MR) is 68.1 cm³/mol. The van der Waals surface area contributed by atoms with Gasteiger partial charge in [-0.25, -0.2) is 8.42 Å². The summed E-state index contributed by atoms with van der Waals surface area (Å²) >= 11 is 0. The van der Waals surface area contributed by atoms with Gasteiger partial charge in [-0.2, -0.15) is 0 Å². The van der Waals surface area contributed by atoms with Gasteiger partial charge in [0.1, 0.15) is 9.84 Å². The molecule has 0 heterocycles. The second kappa shape index (κ2) is 6.60. The highest BCUT2D eigenvalue weighted by molar-refractivity contribution is 7.91. The first-order chi connectivity index (χ1) is 7.59. The van der Waals surface area contributed by atoms with Gasteiger partial charge in [-0.05, 0) is 31.2 Å². The van der Waals surface area contributed by atoms with E-state index < -0.39 is 9.84 Å². The standard InChI is InChI=1S/C12H25NO2S/c1-2-16(14,15)9-8-11-6-4-3-5-7-12(11)10-13/h11-12H,2-10,13H2,1H3. The van der Waals surface area contributed by atoms with E-state index in [0.29, 0.717) is 17.6 Å². The van der Waals surface area contributed by atoms with Crippen LogP contribution in [0.2, 0.25) is 0 Å². The number of nitrogens with two attached hydrogens (primary N) is 1. The van der Waals surface area contributed by atoms with Gasteiger partial charge in [0.15, 0.2) is 0 Å². The molecule has 3 nitrogen and oxygen atoms in total.